The van der Waals surface area contributed by atoms with Crippen LogP contribution in [-0.4, -0.2) is 30.6 Å². The third-order valence-electron chi connectivity index (χ3n) is 3.20. The van der Waals surface area contributed by atoms with Gasteiger partial charge in [0.1, 0.15) is 0 Å². The van der Waals surface area contributed by atoms with Crippen molar-refractivity contribution in [1.29, 1.82) is 0 Å². The smallest absolute Gasteiger partial charge is 0.239 e. The first kappa shape index (κ1) is 14.3. The first-order valence-electron chi connectivity index (χ1n) is 6.45. The topological polar surface area (TPSA) is 52.6 Å². The van der Waals surface area contributed by atoms with E-state index in [9.17, 15) is 9.90 Å². The van der Waals surface area contributed by atoms with Gasteiger partial charge in [0.2, 0.25) is 5.91 Å². The Kier molecular flexibility index (Phi) is 4.47. The fourth-order valence-corrected chi connectivity index (χ4v) is 2.60. The molecule has 0 bridgehead atoms. The Bertz CT molecular complexity index is 473. The van der Waals surface area contributed by atoms with Crippen LogP contribution in [0.2, 0.25) is 0 Å². The molecule has 19 heavy (non-hydrogen) atoms. The third-order valence-corrected chi connectivity index (χ3v) is 3.88. The average molecular weight is 327 g/mol. The van der Waals surface area contributed by atoms with Gasteiger partial charge in [-0.05, 0) is 37.5 Å². The number of hydrogen-bond acceptors (Lipinski definition) is 3. The van der Waals surface area contributed by atoms with E-state index in [1.807, 2.05) is 30.1 Å². The highest BCUT2D eigenvalue weighted by Crippen LogP contribution is 2.27. The highest BCUT2D eigenvalue weighted by molar-refractivity contribution is 9.10. The average Bonchev–Trinajstić information content (AvgIpc) is 3.11. The number of likely N-dealkylation sites (N-methyl/N-ethyl adjacent to an activating group) is 1. The molecule has 2 N–H and O–H groups in total. The van der Waals surface area contributed by atoms with Crippen LogP contribution in [0.3, 0.4) is 0 Å². The predicted octanol–water partition coefficient (Wildman–Crippen LogP) is 2.22. The Labute approximate surface area is 121 Å². The van der Waals surface area contributed by atoms with Crippen LogP contribution in [0.5, 0.6) is 0 Å². The molecule has 2 rings (SSSR count). The van der Waals surface area contributed by atoms with E-state index in [0.717, 1.165) is 28.6 Å². The zero-order valence-corrected chi connectivity index (χ0v) is 12.8. The molecular formula is C14H19BrN2O2. The van der Waals surface area contributed by atoms with Crippen LogP contribution in [0.15, 0.2) is 22.7 Å². The predicted molar refractivity (Wildman–Crippen MR) is 79.2 cm³/mol. The van der Waals surface area contributed by atoms with Crippen molar-refractivity contribution >= 4 is 27.5 Å². The van der Waals surface area contributed by atoms with Gasteiger partial charge in [0.05, 0.1) is 12.6 Å². The molecule has 1 fully saturated rings. The monoisotopic (exact) mass is 326 g/mol. The molecule has 0 radical (unpaired) electrons. The Balaban J connectivity index is 1.99. The summed E-state index contributed by atoms with van der Waals surface area (Å²) in [7, 11) is 1.89. The quantitative estimate of drug-likeness (QED) is 0.872. The van der Waals surface area contributed by atoms with Gasteiger partial charge < -0.3 is 15.3 Å². The second kappa shape index (κ2) is 5.92. The van der Waals surface area contributed by atoms with Crippen LogP contribution in [0.25, 0.3) is 0 Å². The van der Waals surface area contributed by atoms with E-state index in [-0.39, 0.29) is 5.91 Å². The lowest BCUT2D eigenvalue weighted by Crippen LogP contribution is -2.36. The summed E-state index contributed by atoms with van der Waals surface area (Å²) in [4.78, 5) is 13.6. The summed E-state index contributed by atoms with van der Waals surface area (Å²) in [5, 5.41) is 12.5. The van der Waals surface area contributed by atoms with Crippen LogP contribution < -0.4 is 10.2 Å². The fourth-order valence-electron chi connectivity index (χ4n) is 1.90. The minimum Gasteiger partial charge on any atom is -0.389 e. The van der Waals surface area contributed by atoms with Gasteiger partial charge in [0, 0.05) is 23.2 Å². The number of nitrogens with one attached hydrogen (secondary N) is 1. The van der Waals surface area contributed by atoms with Crippen LogP contribution in [0.1, 0.15) is 31.4 Å². The molecule has 0 aromatic heterocycles. The normalized spacial score (nSPS) is 16.0. The van der Waals surface area contributed by atoms with Gasteiger partial charge in [-0.1, -0.05) is 22.0 Å². The van der Waals surface area contributed by atoms with Gasteiger partial charge >= 0.3 is 0 Å². The van der Waals surface area contributed by atoms with Crippen LogP contribution in [0.4, 0.5) is 5.69 Å². The van der Waals surface area contributed by atoms with Crippen molar-refractivity contribution in [3.05, 3.63) is 28.2 Å². The van der Waals surface area contributed by atoms with E-state index in [0.29, 0.717) is 12.6 Å². The summed E-state index contributed by atoms with van der Waals surface area (Å²) in [6.07, 6.45) is 1.70. The van der Waals surface area contributed by atoms with Crippen LogP contribution in [-0.2, 0) is 4.79 Å². The maximum atomic E-state index is 11.7. The molecule has 104 valence electrons. The molecule has 4 nitrogen and oxygen atoms in total. The van der Waals surface area contributed by atoms with Crippen molar-refractivity contribution in [2.75, 3.05) is 18.5 Å². The molecule has 0 spiro atoms. The minimum absolute atomic E-state index is 0.0562. The number of carbonyl (C=O) groups is 1. The van der Waals surface area contributed by atoms with Crippen LogP contribution >= 0.6 is 15.9 Å². The van der Waals surface area contributed by atoms with Crippen molar-refractivity contribution in [1.82, 2.24) is 5.32 Å². The maximum Gasteiger partial charge on any atom is 0.239 e. The molecule has 0 saturated heterocycles. The second-order valence-corrected chi connectivity index (χ2v) is 5.93. The van der Waals surface area contributed by atoms with Crippen molar-refractivity contribution in [2.24, 2.45) is 0 Å². The van der Waals surface area contributed by atoms with E-state index in [1.54, 1.807) is 6.92 Å². The van der Waals surface area contributed by atoms with E-state index in [4.69, 9.17) is 0 Å². The molecule has 1 amide bonds. The van der Waals surface area contributed by atoms with Crippen molar-refractivity contribution in [3.63, 3.8) is 0 Å². The summed E-state index contributed by atoms with van der Waals surface area (Å²) in [5.74, 6) is 0.0562. The lowest BCUT2D eigenvalue weighted by atomic mass is 10.1. The number of carbonyl (C=O) groups excluding carboxylic acids is 1. The first-order valence-corrected chi connectivity index (χ1v) is 7.24. The molecule has 0 aliphatic heterocycles. The number of benzene rings is 1. The van der Waals surface area contributed by atoms with Gasteiger partial charge in [-0.3, -0.25) is 4.79 Å². The molecule has 1 atom stereocenters. The number of rotatable bonds is 5. The number of anilines is 1. The van der Waals surface area contributed by atoms with Crippen molar-refractivity contribution < 1.29 is 9.90 Å². The van der Waals surface area contributed by atoms with Gasteiger partial charge in [0.25, 0.3) is 0 Å². The summed E-state index contributed by atoms with van der Waals surface area (Å²) in [5.41, 5.74) is 1.79. The molecule has 5 heteroatoms. The van der Waals surface area contributed by atoms with Gasteiger partial charge in [0.15, 0.2) is 0 Å². The van der Waals surface area contributed by atoms with E-state index in [2.05, 4.69) is 21.2 Å². The summed E-state index contributed by atoms with van der Waals surface area (Å²) in [6, 6.07) is 6.11. The van der Waals surface area contributed by atoms with Gasteiger partial charge in [-0.2, -0.15) is 0 Å². The maximum absolute atomic E-state index is 11.7. The van der Waals surface area contributed by atoms with Crippen LogP contribution in [0, 0.1) is 0 Å². The lowest BCUT2D eigenvalue weighted by molar-refractivity contribution is -0.119. The Morgan fingerprint density at radius 1 is 1.58 bits per heavy atom. The summed E-state index contributed by atoms with van der Waals surface area (Å²) >= 11 is 3.45. The lowest BCUT2D eigenvalue weighted by Gasteiger charge is -2.20. The molecule has 0 heterocycles. The Hall–Kier alpha value is -1.07. The molecule has 0 unspecified atom stereocenters. The standard InChI is InChI=1S/C14H19BrN2O2/c1-9(18)12-6-5-11(7-13(12)15)17(2)8-14(19)16-10-3-4-10/h5-7,9-10,18H,3-4,8H2,1-2H3,(H,16,19)/t9-/m1/s1. The molecule has 1 aliphatic carbocycles. The summed E-state index contributed by atoms with van der Waals surface area (Å²) in [6.45, 7) is 2.07. The first-order chi connectivity index (χ1) is 8.97. The fraction of sp³-hybridized carbons (Fsp3) is 0.500. The second-order valence-electron chi connectivity index (χ2n) is 5.08. The van der Waals surface area contributed by atoms with Gasteiger partial charge in [-0.15, -0.1) is 0 Å². The molecule has 1 aromatic rings. The zero-order chi connectivity index (χ0) is 14.0. The number of nitrogens with zero attached hydrogens (tertiary/aromatic N) is 1. The van der Waals surface area contributed by atoms with Crippen molar-refractivity contribution in [2.45, 2.75) is 31.9 Å². The molecular weight excluding hydrogens is 308 g/mol. The molecule has 1 saturated carbocycles. The molecule has 1 aliphatic rings. The third kappa shape index (κ3) is 3.94. The highest BCUT2D eigenvalue weighted by Gasteiger charge is 2.23. The summed E-state index contributed by atoms with van der Waals surface area (Å²) < 4.78 is 0.856. The largest absolute Gasteiger partial charge is 0.389 e. The highest BCUT2D eigenvalue weighted by atomic mass is 79.9. The number of hydrogen-bond donors (Lipinski definition) is 2. The van der Waals surface area contributed by atoms with E-state index < -0.39 is 6.10 Å². The number of amides is 1. The number of halogens is 1. The Morgan fingerprint density at radius 2 is 2.26 bits per heavy atom. The zero-order valence-electron chi connectivity index (χ0n) is 11.2. The number of aliphatic hydroxyl groups is 1. The van der Waals surface area contributed by atoms with Gasteiger partial charge in [-0.25, -0.2) is 0 Å². The minimum atomic E-state index is -0.508. The van der Waals surface area contributed by atoms with Crippen molar-refractivity contribution in [3.8, 4) is 0 Å². The van der Waals surface area contributed by atoms with E-state index in [1.165, 1.54) is 0 Å². The van der Waals surface area contributed by atoms with E-state index >= 15 is 0 Å². The SMILES string of the molecule is C[C@@H](O)c1ccc(N(C)CC(=O)NC2CC2)cc1Br. The number of aliphatic hydroxyl groups excluding tert-OH is 1. The molecule has 1 aromatic carbocycles. The Morgan fingerprint density at radius 3 is 2.79 bits per heavy atom.